The topological polar surface area (TPSA) is 81.1 Å². The fourth-order valence-corrected chi connectivity index (χ4v) is 3.98. The first-order chi connectivity index (χ1) is 8.48. The molecule has 1 N–H and O–H groups in total. The van der Waals surface area contributed by atoms with Crippen LogP contribution in [0.4, 0.5) is 0 Å². The highest BCUT2D eigenvalue weighted by Gasteiger charge is 2.26. The van der Waals surface area contributed by atoms with Gasteiger partial charge >= 0.3 is 0 Å². The number of rotatable bonds is 4. The van der Waals surface area contributed by atoms with Crippen LogP contribution in [-0.4, -0.2) is 42.1 Å². The molecular weight excluding hydrogens is 322 g/mol. The van der Waals surface area contributed by atoms with Gasteiger partial charge in [0.15, 0.2) is 9.84 Å². The first-order valence-corrected chi connectivity index (χ1v) is 8.23. The quantitative estimate of drug-likeness (QED) is 0.822. The maximum absolute atomic E-state index is 11.7. The van der Waals surface area contributed by atoms with Gasteiger partial charge in [0.05, 0.1) is 17.8 Å². The van der Waals surface area contributed by atoms with Crippen LogP contribution in [0, 0.1) is 0 Å². The summed E-state index contributed by atoms with van der Waals surface area (Å²) in [5, 5.41) is 3.15. The van der Waals surface area contributed by atoms with Gasteiger partial charge in [0.1, 0.15) is 4.47 Å². The Balaban J connectivity index is 1.86. The number of sulfone groups is 1. The van der Waals surface area contributed by atoms with Crippen LogP contribution >= 0.6 is 15.9 Å². The summed E-state index contributed by atoms with van der Waals surface area (Å²) in [7, 11) is -2.86. The molecule has 0 aliphatic carbocycles. The predicted octanol–water partition coefficient (Wildman–Crippen LogP) is -0.218. The van der Waals surface area contributed by atoms with E-state index in [0.29, 0.717) is 24.0 Å². The van der Waals surface area contributed by atoms with E-state index in [1.54, 1.807) is 0 Å². The lowest BCUT2D eigenvalue weighted by Crippen LogP contribution is -2.34. The third kappa shape index (κ3) is 3.39. The molecule has 0 bridgehead atoms. The van der Waals surface area contributed by atoms with E-state index in [0.717, 1.165) is 0 Å². The number of aromatic nitrogens is 2. The molecule has 1 aromatic heterocycles. The number of hydrogen-bond donors (Lipinski definition) is 1. The molecule has 0 aromatic carbocycles. The molecule has 1 atom stereocenters. The molecule has 0 radical (unpaired) electrons. The minimum atomic E-state index is -2.86. The molecule has 18 heavy (non-hydrogen) atoms. The molecule has 1 saturated heterocycles. The smallest absolute Gasteiger partial charge is 0.267 e. The lowest BCUT2D eigenvalue weighted by Gasteiger charge is -2.11. The minimum Gasteiger partial charge on any atom is -0.311 e. The highest BCUT2D eigenvalue weighted by atomic mass is 79.9. The number of nitrogens with one attached hydrogen (secondary N) is 1. The SMILES string of the molecule is O=c1c(Br)cncn1CCNC1CCS(=O)(=O)C1. The maximum Gasteiger partial charge on any atom is 0.267 e. The van der Waals surface area contributed by atoms with E-state index in [9.17, 15) is 13.2 Å². The van der Waals surface area contributed by atoms with Crippen molar-refractivity contribution >= 4 is 25.8 Å². The molecule has 0 spiro atoms. The molecule has 2 heterocycles. The second-order valence-electron chi connectivity index (χ2n) is 4.29. The predicted molar refractivity (Wildman–Crippen MR) is 71.3 cm³/mol. The van der Waals surface area contributed by atoms with Gasteiger partial charge < -0.3 is 5.32 Å². The van der Waals surface area contributed by atoms with Gasteiger partial charge in [0.25, 0.3) is 5.56 Å². The van der Waals surface area contributed by atoms with Gasteiger partial charge in [-0.1, -0.05) is 0 Å². The molecule has 0 amide bonds. The first kappa shape index (κ1) is 13.7. The fraction of sp³-hybridized carbons (Fsp3) is 0.600. The van der Waals surface area contributed by atoms with Crippen molar-refractivity contribution < 1.29 is 8.42 Å². The summed E-state index contributed by atoms with van der Waals surface area (Å²) in [5.41, 5.74) is -0.133. The van der Waals surface area contributed by atoms with Crippen LogP contribution in [0.5, 0.6) is 0 Å². The van der Waals surface area contributed by atoms with Crippen LogP contribution in [0.3, 0.4) is 0 Å². The zero-order chi connectivity index (χ0) is 13.2. The number of nitrogens with zero attached hydrogens (tertiary/aromatic N) is 2. The summed E-state index contributed by atoms with van der Waals surface area (Å²) in [5.74, 6) is 0.446. The summed E-state index contributed by atoms with van der Waals surface area (Å²) in [6, 6.07) is 0.00538. The van der Waals surface area contributed by atoms with Crippen molar-refractivity contribution in [1.29, 1.82) is 0 Å². The molecule has 1 aliphatic heterocycles. The molecule has 1 aliphatic rings. The summed E-state index contributed by atoms with van der Waals surface area (Å²) in [6.07, 6.45) is 3.57. The molecule has 1 unspecified atom stereocenters. The molecule has 8 heteroatoms. The Kier molecular flexibility index (Phi) is 4.18. The van der Waals surface area contributed by atoms with Crippen LogP contribution in [0.2, 0.25) is 0 Å². The van der Waals surface area contributed by atoms with E-state index in [1.165, 1.54) is 17.1 Å². The fourth-order valence-electron chi connectivity index (χ4n) is 1.93. The lowest BCUT2D eigenvalue weighted by atomic mass is 10.2. The molecule has 2 rings (SSSR count). The van der Waals surface area contributed by atoms with E-state index < -0.39 is 9.84 Å². The van der Waals surface area contributed by atoms with Crippen molar-refractivity contribution in [2.24, 2.45) is 0 Å². The highest BCUT2D eigenvalue weighted by molar-refractivity contribution is 9.10. The van der Waals surface area contributed by atoms with Gasteiger partial charge in [-0.25, -0.2) is 13.4 Å². The van der Waals surface area contributed by atoms with E-state index >= 15 is 0 Å². The second-order valence-corrected chi connectivity index (χ2v) is 7.38. The van der Waals surface area contributed by atoms with Crippen LogP contribution in [-0.2, 0) is 16.4 Å². The third-order valence-corrected chi connectivity index (χ3v) is 5.19. The normalized spacial score (nSPS) is 22.2. The van der Waals surface area contributed by atoms with Crippen molar-refractivity contribution in [1.82, 2.24) is 14.9 Å². The number of halogens is 1. The Labute approximate surface area is 113 Å². The van der Waals surface area contributed by atoms with Crippen LogP contribution in [0.15, 0.2) is 21.8 Å². The molecule has 100 valence electrons. The van der Waals surface area contributed by atoms with E-state index in [1.807, 2.05) is 0 Å². The summed E-state index contributed by atoms with van der Waals surface area (Å²) < 4.78 is 24.4. The van der Waals surface area contributed by atoms with Gasteiger partial charge in [-0.05, 0) is 22.4 Å². The Hall–Kier alpha value is -0.730. The largest absolute Gasteiger partial charge is 0.311 e. The first-order valence-electron chi connectivity index (χ1n) is 5.62. The van der Waals surface area contributed by atoms with Gasteiger partial charge in [0.2, 0.25) is 0 Å². The zero-order valence-electron chi connectivity index (χ0n) is 9.67. The van der Waals surface area contributed by atoms with Gasteiger partial charge in [-0.2, -0.15) is 0 Å². The van der Waals surface area contributed by atoms with Gasteiger partial charge in [0, 0.05) is 25.3 Å². The Bertz CT molecular complexity index is 584. The molecule has 1 fully saturated rings. The Morgan fingerprint density at radius 3 is 3.00 bits per heavy atom. The molecular formula is C10H14BrN3O3S. The maximum atomic E-state index is 11.7. The lowest BCUT2D eigenvalue weighted by molar-refractivity contribution is 0.511. The van der Waals surface area contributed by atoms with E-state index in [4.69, 9.17) is 0 Å². The van der Waals surface area contributed by atoms with Crippen LogP contribution in [0.25, 0.3) is 0 Å². The molecule has 6 nitrogen and oxygen atoms in total. The standard InChI is InChI=1S/C10H14BrN3O3S/c11-9-5-12-7-14(10(9)15)3-2-13-8-1-4-18(16,17)6-8/h5,7-8,13H,1-4,6H2. The second kappa shape index (κ2) is 5.50. The van der Waals surface area contributed by atoms with Gasteiger partial charge in [-0.3, -0.25) is 9.36 Å². The van der Waals surface area contributed by atoms with E-state index in [2.05, 4.69) is 26.2 Å². The van der Waals surface area contributed by atoms with Crippen molar-refractivity contribution in [3.8, 4) is 0 Å². The Morgan fingerprint density at radius 2 is 2.33 bits per heavy atom. The average molecular weight is 336 g/mol. The summed E-state index contributed by atoms with van der Waals surface area (Å²) >= 11 is 3.12. The average Bonchev–Trinajstić information content (AvgIpc) is 2.64. The summed E-state index contributed by atoms with van der Waals surface area (Å²) in [6.45, 7) is 1.03. The van der Waals surface area contributed by atoms with Crippen LogP contribution < -0.4 is 10.9 Å². The number of hydrogen-bond acceptors (Lipinski definition) is 5. The van der Waals surface area contributed by atoms with Gasteiger partial charge in [-0.15, -0.1) is 0 Å². The van der Waals surface area contributed by atoms with Crippen molar-refractivity contribution in [2.75, 3.05) is 18.1 Å². The Morgan fingerprint density at radius 1 is 1.56 bits per heavy atom. The molecule has 1 aromatic rings. The highest BCUT2D eigenvalue weighted by Crippen LogP contribution is 2.10. The molecule has 0 saturated carbocycles. The summed E-state index contributed by atoms with van der Waals surface area (Å²) in [4.78, 5) is 15.6. The monoisotopic (exact) mass is 335 g/mol. The van der Waals surface area contributed by atoms with Crippen LogP contribution in [0.1, 0.15) is 6.42 Å². The van der Waals surface area contributed by atoms with Crippen molar-refractivity contribution in [3.63, 3.8) is 0 Å². The van der Waals surface area contributed by atoms with E-state index in [-0.39, 0.29) is 23.1 Å². The van der Waals surface area contributed by atoms with Crippen molar-refractivity contribution in [2.45, 2.75) is 19.0 Å². The zero-order valence-corrected chi connectivity index (χ0v) is 12.1. The third-order valence-electron chi connectivity index (χ3n) is 2.88. The minimum absolute atomic E-state index is 0.00538. The van der Waals surface area contributed by atoms with Crippen molar-refractivity contribution in [3.05, 3.63) is 27.4 Å².